The summed E-state index contributed by atoms with van der Waals surface area (Å²) in [6, 6.07) is 14.0. The third kappa shape index (κ3) is 3.60. The summed E-state index contributed by atoms with van der Waals surface area (Å²) in [5.74, 6) is -0.355. The topological polar surface area (TPSA) is 67.4 Å². The number of rotatable bonds is 5. The highest BCUT2D eigenvalue weighted by Gasteiger charge is 2.63. The number of imide groups is 1. The molecule has 29 heavy (non-hydrogen) atoms. The Morgan fingerprint density at radius 3 is 2.34 bits per heavy atom. The molecule has 1 aliphatic carbocycles. The molecule has 1 spiro atoms. The fourth-order valence-corrected chi connectivity index (χ4v) is 4.26. The number of benzene rings is 2. The minimum Gasteiger partial charge on any atom is -0.376 e. The Morgan fingerprint density at radius 1 is 1.00 bits per heavy atom. The molecule has 3 amide bonds. The van der Waals surface area contributed by atoms with Gasteiger partial charge < -0.3 is 10.1 Å². The zero-order chi connectivity index (χ0) is 20.7. The highest BCUT2D eigenvalue weighted by molar-refractivity contribution is 6.08. The standard InChI is InChI=1S/C21H19F3N2O3/c22-21(23,24)16-8-4-5-14(9-16)10-29-13-19(15-6-2-1-3-7-15)11-20(12-19)17(27)25-18(28)26-20/h1-9H,10-13H2,(H2,25,26,27,28). The first kappa shape index (κ1) is 19.4. The number of nitrogens with one attached hydrogen (secondary N) is 2. The van der Waals surface area contributed by atoms with Crippen molar-refractivity contribution >= 4 is 11.9 Å². The van der Waals surface area contributed by atoms with E-state index in [1.165, 1.54) is 6.07 Å². The van der Waals surface area contributed by atoms with E-state index in [4.69, 9.17) is 4.74 Å². The zero-order valence-corrected chi connectivity index (χ0v) is 15.4. The van der Waals surface area contributed by atoms with Crippen molar-refractivity contribution in [3.8, 4) is 0 Å². The molecule has 1 saturated heterocycles. The summed E-state index contributed by atoms with van der Waals surface area (Å²) in [5, 5.41) is 4.96. The lowest BCUT2D eigenvalue weighted by molar-refractivity contribution is -0.137. The van der Waals surface area contributed by atoms with Crippen LogP contribution in [0.15, 0.2) is 54.6 Å². The number of hydrogen-bond donors (Lipinski definition) is 2. The van der Waals surface area contributed by atoms with Crippen LogP contribution in [0.5, 0.6) is 0 Å². The van der Waals surface area contributed by atoms with Crippen molar-refractivity contribution in [1.82, 2.24) is 10.6 Å². The Hall–Kier alpha value is -2.87. The van der Waals surface area contributed by atoms with Gasteiger partial charge in [0.2, 0.25) is 0 Å². The Kier molecular flexibility index (Phi) is 4.61. The molecule has 1 saturated carbocycles. The van der Waals surface area contributed by atoms with Gasteiger partial charge in [-0.3, -0.25) is 10.1 Å². The summed E-state index contributed by atoms with van der Waals surface area (Å²) in [6.45, 7) is 0.238. The van der Waals surface area contributed by atoms with Crippen molar-refractivity contribution in [3.05, 3.63) is 71.3 Å². The van der Waals surface area contributed by atoms with Crippen molar-refractivity contribution in [3.63, 3.8) is 0 Å². The van der Waals surface area contributed by atoms with Gasteiger partial charge in [0.1, 0.15) is 5.54 Å². The van der Waals surface area contributed by atoms with Crippen LogP contribution in [0.2, 0.25) is 0 Å². The van der Waals surface area contributed by atoms with E-state index in [-0.39, 0.29) is 19.1 Å². The van der Waals surface area contributed by atoms with Gasteiger partial charge in [0, 0.05) is 5.41 Å². The van der Waals surface area contributed by atoms with Crippen molar-refractivity contribution in [1.29, 1.82) is 0 Å². The molecule has 2 N–H and O–H groups in total. The number of hydrogen-bond acceptors (Lipinski definition) is 3. The lowest BCUT2D eigenvalue weighted by Gasteiger charge is -2.52. The summed E-state index contributed by atoms with van der Waals surface area (Å²) < 4.78 is 44.5. The molecule has 8 heteroatoms. The number of alkyl halides is 3. The van der Waals surface area contributed by atoms with Gasteiger partial charge in [-0.15, -0.1) is 0 Å². The molecular weight excluding hydrogens is 385 g/mol. The second-order valence-corrected chi connectivity index (χ2v) is 7.68. The molecule has 0 atom stereocenters. The van der Waals surface area contributed by atoms with E-state index in [0.29, 0.717) is 18.4 Å². The predicted molar refractivity (Wildman–Crippen MR) is 97.9 cm³/mol. The molecule has 5 nitrogen and oxygen atoms in total. The highest BCUT2D eigenvalue weighted by Crippen LogP contribution is 2.51. The summed E-state index contributed by atoms with van der Waals surface area (Å²) in [7, 11) is 0. The summed E-state index contributed by atoms with van der Waals surface area (Å²) in [6.07, 6.45) is -3.68. The summed E-state index contributed by atoms with van der Waals surface area (Å²) in [4.78, 5) is 23.7. The number of carbonyl (C=O) groups excluding carboxylic acids is 2. The van der Waals surface area contributed by atoms with E-state index < -0.39 is 28.7 Å². The van der Waals surface area contributed by atoms with Crippen LogP contribution in [0.3, 0.4) is 0 Å². The van der Waals surface area contributed by atoms with Gasteiger partial charge in [-0.2, -0.15) is 13.2 Å². The van der Waals surface area contributed by atoms with E-state index in [2.05, 4.69) is 10.6 Å². The molecule has 0 radical (unpaired) electrons. The molecule has 1 aliphatic heterocycles. The molecular formula is C21H19F3N2O3. The number of carbonyl (C=O) groups is 2. The average Bonchev–Trinajstić information content (AvgIpc) is 2.95. The fraction of sp³-hybridized carbons (Fsp3) is 0.333. The van der Waals surface area contributed by atoms with Crippen molar-refractivity contribution < 1.29 is 27.5 Å². The van der Waals surface area contributed by atoms with Crippen LogP contribution in [-0.2, 0) is 27.7 Å². The third-order valence-electron chi connectivity index (χ3n) is 5.58. The molecule has 2 aromatic rings. The van der Waals surface area contributed by atoms with Gasteiger partial charge in [-0.1, -0.05) is 42.5 Å². The molecule has 2 aromatic carbocycles. The quantitative estimate of drug-likeness (QED) is 0.750. The third-order valence-corrected chi connectivity index (χ3v) is 5.58. The van der Waals surface area contributed by atoms with E-state index in [9.17, 15) is 22.8 Å². The van der Waals surface area contributed by atoms with Crippen LogP contribution in [0.4, 0.5) is 18.0 Å². The Morgan fingerprint density at radius 2 is 1.72 bits per heavy atom. The molecule has 0 unspecified atom stereocenters. The molecule has 2 fully saturated rings. The Balaban J connectivity index is 1.49. The van der Waals surface area contributed by atoms with Crippen LogP contribution in [0.25, 0.3) is 0 Å². The molecule has 1 heterocycles. The molecule has 152 valence electrons. The van der Waals surface area contributed by atoms with Crippen LogP contribution in [-0.4, -0.2) is 24.1 Å². The van der Waals surface area contributed by atoms with Gasteiger partial charge in [-0.25, -0.2) is 4.79 Å². The van der Waals surface area contributed by atoms with Gasteiger partial charge in [0.25, 0.3) is 5.91 Å². The fourth-order valence-electron chi connectivity index (χ4n) is 4.26. The molecule has 0 bridgehead atoms. The first-order valence-corrected chi connectivity index (χ1v) is 9.16. The summed E-state index contributed by atoms with van der Waals surface area (Å²) in [5.41, 5.74) is -0.790. The van der Waals surface area contributed by atoms with Gasteiger partial charge in [0.05, 0.1) is 18.8 Å². The van der Waals surface area contributed by atoms with Gasteiger partial charge in [0.15, 0.2) is 0 Å². The van der Waals surface area contributed by atoms with Crippen LogP contribution >= 0.6 is 0 Å². The maximum absolute atomic E-state index is 12.9. The van der Waals surface area contributed by atoms with Gasteiger partial charge >= 0.3 is 12.2 Å². The van der Waals surface area contributed by atoms with E-state index >= 15 is 0 Å². The molecule has 4 rings (SSSR count). The first-order valence-electron chi connectivity index (χ1n) is 9.16. The maximum atomic E-state index is 12.9. The average molecular weight is 404 g/mol. The summed E-state index contributed by atoms with van der Waals surface area (Å²) >= 11 is 0. The van der Waals surface area contributed by atoms with Crippen LogP contribution < -0.4 is 10.6 Å². The van der Waals surface area contributed by atoms with E-state index in [0.717, 1.165) is 17.7 Å². The monoisotopic (exact) mass is 404 g/mol. The van der Waals surface area contributed by atoms with Crippen molar-refractivity contribution in [2.24, 2.45) is 0 Å². The van der Waals surface area contributed by atoms with E-state index in [1.807, 2.05) is 30.3 Å². The van der Waals surface area contributed by atoms with Gasteiger partial charge in [-0.05, 0) is 36.1 Å². The SMILES string of the molecule is O=C1NC(=O)C2(CC(COCc3cccc(C(F)(F)F)c3)(c3ccccc3)C2)N1. The lowest BCUT2D eigenvalue weighted by atomic mass is 9.54. The predicted octanol–water partition coefficient (Wildman–Crippen LogP) is 3.53. The largest absolute Gasteiger partial charge is 0.416 e. The Bertz CT molecular complexity index is 938. The van der Waals surface area contributed by atoms with Crippen molar-refractivity contribution in [2.75, 3.05) is 6.61 Å². The van der Waals surface area contributed by atoms with Crippen LogP contribution in [0, 0.1) is 0 Å². The van der Waals surface area contributed by atoms with Crippen molar-refractivity contribution in [2.45, 2.75) is 36.6 Å². The first-order chi connectivity index (χ1) is 13.7. The Labute approximate surface area is 165 Å². The number of urea groups is 1. The second-order valence-electron chi connectivity index (χ2n) is 7.68. The lowest BCUT2D eigenvalue weighted by Crippen LogP contribution is -2.65. The number of ether oxygens (including phenoxy) is 1. The zero-order valence-electron chi connectivity index (χ0n) is 15.4. The molecule has 2 aliphatic rings. The maximum Gasteiger partial charge on any atom is 0.416 e. The number of amides is 3. The normalized spacial score (nSPS) is 26.2. The number of halogens is 3. The minimum absolute atomic E-state index is 0.0179. The van der Waals surface area contributed by atoms with Crippen LogP contribution in [0.1, 0.15) is 29.5 Å². The smallest absolute Gasteiger partial charge is 0.376 e. The molecule has 0 aromatic heterocycles. The minimum atomic E-state index is -4.41. The van der Waals surface area contributed by atoms with E-state index in [1.54, 1.807) is 6.07 Å². The second kappa shape index (κ2) is 6.88. The highest BCUT2D eigenvalue weighted by atomic mass is 19.4.